The summed E-state index contributed by atoms with van der Waals surface area (Å²) in [7, 11) is 0. The van der Waals surface area contributed by atoms with Gasteiger partial charge in [-0.3, -0.25) is 9.59 Å². The predicted molar refractivity (Wildman–Crippen MR) is 57.4 cm³/mol. The van der Waals surface area contributed by atoms with Crippen LogP contribution in [-0.2, 0) is 14.3 Å². The highest BCUT2D eigenvalue weighted by molar-refractivity contribution is 6.02. The molecule has 0 atom stereocenters. The molecule has 1 aliphatic carbocycles. The molecule has 0 aromatic rings. The molecule has 0 bridgehead atoms. The van der Waals surface area contributed by atoms with Gasteiger partial charge in [0.2, 0.25) is 0 Å². The summed E-state index contributed by atoms with van der Waals surface area (Å²) in [5, 5.41) is 0. The maximum absolute atomic E-state index is 11.9. The van der Waals surface area contributed by atoms with Crippen LogP contribution < -0.4 is 0 Å². The number of ether oxygens (including phenoxy) is 1. The molecular weight excluding hydrogens is 192 g/mol. The van der Waals surface area contributed by atoms with Crippen LogP contribution >= 0.6 is 0 Å². The second-order valence-electron chi connectivity index (χ2n) is 4.27. The van der Waals surface area contributed by atoms with Gasteiger partial charge < -0.3 is 4.74 Å². The minimum atomic E-state index is -0.827. The Bertz CT molecular complexity index is 237. The number of carbonyl (C=O) groups excluding carboxylic acids is 2. The minimum Gasteiger partial charge on any atom is -0.465 e. The second-order valence-corrected chi connectivity index (χ2v) is 4.27. The number of hydrogen-bond donors (Lipinski definition) is 0. The molecule has 0 aromatic heterocycles. The molecule has 0 amide bonds. The van der Waals surface area contributed by atoms with E-state index in [1.165, 1.54) is 6.92 Å². The number of esters is 1. The van der Waals surface area contributed by atoms with Crippen molar-refractivity contribution >= 4 is 11.8 Å². The first-order chi connectivity index (χ1) is 7.13. The third kappa shape index (κ3) is 2.58. The maximum Gasteiger partial charge on any atom is 0.319 e. The number of carbonyl (C=O) groups is 2. The lowest BCUT2D eigenvalue weighted by atomic mass is 9.77. The molecule has 0 unspecified atom stereocenters. The van der Waals surface area contributed by atoms with Crippen LogP contribution in [0.1, 0.15) is 52.4 Å². The van der Waals surface area contributed by atoms with Crippen molar-refractivity contribution in [2.45, 2.75) is 52.4 Å². The lowest BCUT2D eigenvalue weighted by molar-refractivity contribution is -0.160. The van der Waals surface area contributed by atoms with Gasteiger partial charge in [0.1, 0.15) is 11.2 Å². The minimum absolute atomic E-state index is 0.0251. The molecule has 86 valence electrons. The van der Waals surface area contributed by atoms with Crippen LogP contribution in [0.25, 0.3) is 0 Å². The van der Waals surface area contributed by atoms with Gasteiger partial charge in [0.05, 0.1) is 6.61 Å². The standard InChI is InChI=1S/C12H20O3/c1-3-15-11(14)12(10(2)13)8-6-4-5-7-9-12/h3-9H2,1-2H3. The zero-order chi connectivity index (χ0) is 11.3. The summed E-state index contributed by atoms with van der Waals surface area (Å²) < 4.78 is 5.04. The molecule has 0 saturated heterocycles. The Balaban J connectivity index is 2.84. The molecule has 0 aliphatic heterocycles. The van der Waals surface area contributed by atoms with Crippen molar-refractivity contribution in [2.24, 2.45) is 5.41 Å². The summed E-state index contributed by atoms with van der Waals surface area (Å²) in [6.45, 7) is 3.65. The third-order valence-electron chi connectivity index (χ3n) is 3.30. The van der Waals surface area contributed by atoms with Gasteiger partial charge in [-0.25, -0.2) is 0 Å². The number of hydrogen-bond acceptors (Lipinski definition) is 3. The molecule has 1 saturated carbocycles. The average molecular weight is 212 g/mol. The molecule has 0 N–H and O–H groups in total. The third-order valence-corrected chi connectivity index (χ3v) is 3.30. The van der Waals surface area contributed by atoms with Crippen molar-refractivity contribution in [3.63, 3.8) is 0 Å². The molecule has 0 spiro atoms. The lowest BCUT2D eigenvalue weighted by Gasteiger charge is -2.27. The average Bonchev–Trinajstić information content (AvgIpc) is 2.43. The van der Waals surface area contributed by atoms with Crippen molar-refractivity contribution in [2.75, 3.05) is 6.61 Å². The smallest absolute Gasteiger partial charge is 0.319 e. The first-order valence-electron chi connectivity index (χ1n) is 5.82. The van der Waals surface area contributed by atoms with Crippen LogP contribution in [0.5, 0.6) is 0 Å². The van der Waals surface area contributed by atoms with Crippen LogP contribution in [0.2, 0.25) is 0 Å². The Morgan fingerprint density at radius 3 is 2.07 bits per heavy atom. The van der Waals surface area contributed by atoms with Crippen molar-refractivity contribution < 1.29 is 14.3 Å². The highest BCUT2D eigenvalue weighted by Gasteiger charge is 2.44. The van der Waals surface area contributed by atoms with Gasteiger partial charge in [0, 0.05) is 0 Å². The Labute approximate surface area is 91.2 Å². The highest BCUT2D eigenvalue weighted by atomic mass is 16.5. The summed E-state index contributed by atoms with van der Waals surface area (Å²) >= 11 is 0. The van der Waals surface area contributed by atoms with Gasteiger partial charge in [-0.2, -0.15) is 0 Å². The van der Waals surface area contributed by atoms with E-state index in [9.17, 15) is 9.59 Å². The van der Waals surface area contributed by atoms with E-state index in [1.54, 1.807) is 6.92 Å². The van der Waals surface area contributed by atoms with E-state index in [0.717, 1.165) is 25.7 Å². The fourth-order valence-corrected chi connectivity index (χ4v) is 2.30. The molecule has 15 heavy (non-hydrogen) atoms. The first-order valence-corrected chi connectivity index (χ1v) is 5.82. The van der Waals surface area contributed by atoms with E-state index < -0.39 is 5.41 Å². The highest BCUT2D eigenvalue weighted by Crippen LogP contribution is 2.37. The summed E-state index contributed by atoms with van der Waals surface area (Å²) in [5.74, 6) is -0.331. The molecule has 3 heteroatoms. The molecule has 1 rings (SSSR count). The van der Waals surface area contributed by atoms with Gasteiger partial charge in [0.25, 0.3) is 0 Å². The van der Waals surface area contributed by atoms with Crippen molar-refractivity contribution in [3.8, 4) is 0 Å². The number of rotatable bonds is 3. The van der Waals surface area contributed by atoms with Gasteiger partial charge >= 0.3 is 5.97 Å². The van der Waals surface area contributed by atoms with Crippen molar-refractivity contribution in [1.82, 2.24) is 0 Å². The molecule has 0 aromatic carbocycles. The maximum atomic E-state index is 11.9. The van der Waals surface area contributed by atoms with Gasteiger partial charge in [-0.1, -0.05) is 25.7 Å². The monoisotopic (exact) mass is 212 g/mol. The van der Waals surface area contributed by atoms with Gasteiger partial charge in [-0.15, -0.1) is 0 Å². The predicted octanol–water partition coefficient (Wildman–Crippen LogP) is 2.48. The SMILES string of the molecule is CCOC(=O)C1(C(C)=O)CCCCCC1. The quantitative estimate of drug-likeness (QED) is 0.410. The molecule has 0 radical (unpaired) electrons. The van der Waals surface area contributed by atoms with Gasteiger partial charge in [0.15, 0.2) is 0 Å². The lowest BCUT2D eigenvalue weighted by Crippen LogP contribution is -2.39. The number of Topliss-reactive ketones (excluding diaryl/α,β-unsaturated/α-hetero) is 1. The molecule has 1 fully saturated rings. The van der Waals surface area contributed by atoms with Crippen LogP contribution in [0.15, 0.2) is 0 Å². The Kier molecular flexibility index (Phi) is 4.30. The normalized spacial score (nSPS) is 20.4. The van der Waals surface area contributed by atoms with Crippen LogP contribution in [0.3, 0.4) is 0 Å². The summed E-state index contributed by atoms with van der Waals surface area (Å²) in [5.41, 5.74) is -0.827. The van der Waals surface area contributed by atoms with E-state index in [-0.39, 0.29) is 11.8 Å². The summed E-state index contributed by atoms with van der Waals surface area (Å²) in [4.78, 5) is 23.6. The largest absolute Gasteiger partial charge is 0.465 e. The van der Waals surface area contributed by atoms with E-state index >= 15 is 0 Å². The zero-order valence-corrected chi connectivity index (χ0v) is 9.67. The molecule has 0 heterocycles. The fourth-order valence-electron chi connectivity index (χ4n) is 2.30. The Hall–Kier alpha value is -0.860. The molecule has 3 nitrogen and oxygen atoms in total. The number of ketones is 1. The molecule has 1 aliphatic rings. The van der Waals surface area contributed by atoms with E-state index in [4.69, 9.17) is 4.74 Å². The summed E-state index contributed by atoms with van der Waals surface area (Å²) in [6.07, 6.45) is 5.49. The Morgan fingerprint density at radius 2 is 1.67 bits per heavy atom. The van der Waals surface area contributed by atoms with Gasteiger partial charge in [-0.05, 0) is 26.7 Å². The van der Waals surface area contributed by atoms with E-state index in [1.807, 2.05) is 0 Å². The van der Waals surface area contributed by atoms with Crippen LogP contribution in [-0.4, -0.2) is 18.4 Å². The van der Waals surface area contributed by atoms with E-state index in [2.05, 4.69) is 0 Å². The van der Waals surface area contributed by atoms with Crippen molar-refractivity contribution in [1.29, 1.82) is 0 Å². The Morgan fingerprint density at radius 1 is 1.13 bits per heavy atom. The second kappa shape index (κ2) is 5.29. The zero-order valence-electron chi connectivity index (χ0n) is 9.67. The first kappa shape index (κ1) is 12.2. The van der Waals surface area contributed by atoms with E-state index in [0.29, 0.717) is 19.4 Å². The van der Waals surface area contributed by atoms with Crippen LogP contribution in [0, 0.1) is 5.41 Å². The van der Waals surface area contributed by atoms with Crippen LogP contribution in [0.4, 0.5) is 0 Å². The summed E-state index contributed by atoms with van der Waals surface area (Å²) in [6, 6.07) is 0. The van der Waals surface area contributed by atoms with Crippen molar-refractivity contribution in [3.05, 3.63) is 0 Å². The fraction of sp³-hybridized carbons (Fsp3) is 0.833. The topological polar surface area (TPSA) is 43.4 Å². The molecular formula is C12H20O3.